The molecule has 0 aliphatic carbocycles. The molecule has 0 spiro atoms. The number of hydrogen-bond acceptors (Lipinski definition) is 4. The number of amides is 1. The minimum Gasteiger partial charge on any atom is -0.478 e. The predicted octanol–water partition coefficient (Wildman–Crippen LogP) is 3.43. The van der Waals surface area contributed by atoms with Gasteiger partial charge in [0.25, 0.3) is 0 Å². The van der Waals surface area contributed by atoms with Crippen molar-refractivity contribution in [2.24, 2.45) is 0 Å². The summed E-state index contributed by atoms with van der Waals surface area (Å²) in [5.41, 5.74) is 0.342. The van der Waals surface area contributed by atoms with Gasteiger partial charge in [-0.25, -0.2) is 9.18 Å². The van der Waals surface area contributed by atoms with Crippen molar-refractivity contribution in [2.75, 3.05) is 17.2 Å². The minimum atomic E-state index is -1.18. The van der Waals surface area contributed by atoms with Crippen molar-refractivity contribution in [2.45, 2.75) is 6.92 Å². The number of carboxylic acid groups (broad SMARTS) is 1. The Labute approximate surface area is 147 Å². The summed E-state index contributed by atoms with van der Waals surface area (Å²) in [6.45, 7) is 0.993. The van der Waals surface area contributed by atoms with Crippen molar-refractivity contribution in [3.8, 4) is 0 Å². The van der Waals surface area contributed by atoms with Crippen molar-refractivity contribution in [1.29, 1.82) is 0 Å². The summed E-state index contributed by atoms with van der Waals surface area (Å²) in [4.78, 5) is 34.7. The summed E-state index contributed by atoms with van der Waals surface area (Å²) < 4.78 is 13.6. The van der Waals surface area contributed by atoms with Gasteiger partial charge >= 0.3 is 5.97 Å². The Kier molecular flexibility index (Phi) is 5.71. The lowest BCUT2D eigenvalue weighted by atomic mass is 10.1. The molecule has 0 aliphatic heterocycles. The average Bonchev–Trinajstić information content (AvgIpc) is 2.55. The van der Waals surface area contributed by atoms with Crippen LogP contribution in [0, 0.1) is 5.82 Å². The van der Waals surface area contributed by atoms with Crippen LogP contribution in [0.2, 0.25) is 5.02 Å². The Morgan fingerprint density at radius 1 is 1.12 bits per heavy atom. The van der Waals surface area contributed by atoms with Crippen LogP contribution in [0.4, 0.5) is 15.8 Å². The van der Waals surface area contributed by atoms with Gasteiger partial charge in [-0.1, -0.05) is 23.7 Å². The zero-order chi connectivity index (χ0) is 18.6. The number of para-hydroxylation sites is 1. The Balaban J connectivity index is 2.12. The normalized spacial score (nSPS) is 10.2. The number of rotatable bonds is 6. The number of carbonyl (C=O) groups is 3. The number of aromatic carboxylic acids is 1. The molecule has 2 aromatic rings. The lowest BCUT2D eigenvalue weighted by Gasteiger charge is -2.12. The summed E-state index contributed by atoms with van der Waals surface area (Å²) in [7, 11) is 0. The van der Waals surface area contributed by atoms with Crippen LogP contribution in [0.5, 0.6) is 0 Å². The van der Waals surface area contributed by atoms with Crippen LogP contribution < -0.4 is 10.6 Å². The standard InChI is InChI=1S/C17H14ClFN2O4/c1-9(22)11-6-12(18)13(19)7-15(11)20-8-16(23)21-14-5-3-2-4-10(14)17(24)25/h2-7,20H,8H2,1H3,(H,21,23)(H,24,25). The fourth-order valence-corrected chi connectivity index (χ4v) is 2.30. The van der Waals surface area contributed by atoms with Gasteiger partial charge in [-0.2, -0.15) is 0 Å². The van der Waals surface area contributed by atoms with E-state index in [-0.39, 0.29) is 39.9 Å². The molecule has 1 amide bonds. The zero-order valence-electron chi connectivity index (χ0n) is 13.1. The minimum absolute atomic E-state index is 0.0576. The molecule has 25 heavy (non-hydrogen) atoms. The molecule has 6 nitrogen and oxygen atoms in total. The van der Waals surface area contributed by atoms with Gasteiger partial charge < -0.3 is 15.7 Å². The van der Waals surface area contributed by atoms with Crippen LogP contribution in [0.3, 0.4) is 0 Å². The molecule has 0 aromatic heterocycles. The van der Waals surface area contributed by atoms with Gasteiger partial charge in [0.2, 0.25) is 5.91 Å². The van der Waals surface area contributed by atoms with E-state index in [0.29, 0.717) is 0 Å². The van der Waals surface area contributed by atoms with E-state index in [1.165, 1.54) is 31.2 Å². The van der Waals surface area contributed by atoms with Crippen LogP contribution in [-0.4, -0.2) is 29.3 Å². The molecular formula is C17H14ClFN2O4. The quantitative estimate of drug-likeness (QED) is 0.682. The molecule has 0 saturated heterocycles. The second-order valence-corrected chi connectivity index (χ2v) is 5.53. The Hall–Kier alpha value is -2.93. The highest BCUT2D eigenvalue weighted by Gasteiger charge is 2.15. The second-order valence-electron chi connectivity index (χ2n) is 5.12. The highest BCUT2D eigenvalue weighted by atomic mass is 35.5. The van der Waals surface area contributed by atoms with Crippen molar-refractivity contribution in [3.05, 3.63) is 58.4 Å². The molecule has 8 heteroatoms. The molecule has 0 saturated carbocycles. The second kappa shape index (κ2) is 7.76. The number of hydrogen-bond donors (Lipinski definition) is 3. The maximum absolute atomic E-state index is 13.6. The SMILES string of the molecule is CC(=O)c1cc(Cl)c(F)cc1NCC(=O)Nc1ccccc1C(=O)O. The largest absolute Gasteiger partial charge is 0.478 e. The third-order valence-electron chi connectivity index (χ3n) is 3.31. The molecule has 0 unspecified atom stereocenters. The summed E-state index contributed by atoms with van der Waals surface area (Å²) >= 11 is 5.66. The fourth-order valence-electron chi connectivity index (χ4n) is 2.13. The molecule has 0 fully saturated rings. The Morgan fingerprint density at radius 3 is 2.44 bits per heavy atom. The Bertz CT molecular complexity index is 855. The van der Waals surface area contributed by atoms with Gasteiger partial charge in [0.05, 0.1) is 22.8 Å². The number of nitrogens with one attached hydrogen (secondary N) is 2. The van der Waals surface area contributed by atoms with E-state index in [2.05, 4.69) is 10.6 Å². The summed E-state index contributed by atoms with van der Waals surface area (Å²) in [5.74, 6) is -2.81. The molecule has 0 heterocycles. The van der Waals surface area contributed by atoms with E-state index in [1.807, 2.05) is 0 Å². The van der Waals surface area contributed by atoms with Crippen LogP contribution in [0.15, 0.2) is 36.4 Å². The monoisotopic (exact) mass is 364 g/mol. The predicted molar refractivity (Wildman–Crippen MR) is 91.9 cm³/mol. The van der Waals surface area contributed by atoms with Crippen molar-refractivity contribution in [1.82, 2.24) is 0 Å². The number of carboxylic acids is 1. The number of carbonyl (C=O) groups excluding carboxylic acids is 2. The van der Waals surface area contributed by atoms with E-state index in [9.17, 15) is 18.8 Å². The summed E-state index contributed by atoms with van der Waals surface area (Å²) in [6.07, 6.45) is 0. The molecule has 2 rings (SSSR count). The molecule has 0 bridgehead atoms. The number of Topliss-reactive ketones (excluding diaryl/α,β-unsaturated/α-hetero) is 1. The fraction of sp³-hybridized carbons (Fsp3) is 0.118. The average molecular weight is 365 g/mol. The van der Waals surface area contributed by atoms with Crippen molar-refractivity contribution in [3.63, 3.8) is 0 Å². The smallest absolute Gasteiger partial charge is 0.337 e. The van der Waals surface area contributed by atoms with E-state index < -0.39 is 17.7 Å². The van der Waals surface area contributed by atoms with Crippen LogP contribution in [0.1, 0.15) is 27.6 Å². The topological polar surface area (TPSA) is 95.5 Å². The number of halogens is 2. The number of anilines is 2. The lowest BCUT2D eigenvalue weighted by Crippen LogP contribution is -2.23. The highest BCUT2D eigenvalue weighted by molar-refractivity contribution is 6.31. The lowest BCUT2D eigenvalue weighted by molar-refractivity contribution is -0.114. The van der Waals surface area contributed by atoms with E-state index in [0.717, 1.165) is 6.07 Å². The molecule has 3 N–H and O–H groups in total. The van der Waals surface area contributed by atoms with Crippen LogP contribution in [-0.2, 0) is 4.79 Å². The van der Waals surface area contributed by atoms with E-state index in [1.54, 1.807) is 6.07 Å². The van der Waals surface area contributed by atoms with Gasteiger partial charge in [-0.05, 0) is 31.2 Å². The molecular weight excluding hydrogens is 351 g/mol. The maximum atomic E-state index is 13.6. The van der Waals surface area contributed by atoms with Gasteiger partial charge in [0.1, 0.15) is 5.82 Å². The molecule has 0 atom stereocenters. The number of ketones is 1. The number of benzene rings is 2. The first kappa shape index (κ1) is 18.4. The Morgan fingerprint density at radius 2 is 1.80 bits per heavy atom. The first-order valence-corrected chi connectivity index (χ1v) is 7.53. The first-order valence-electron chi connectivity index (χ1n) is 7.15. The molecule has 0 aliphatic rings. The third-order valence-corrected chi connectivity index (χ3v) is 3.60. The van der Waals surface area contributed by atoms with Gasteiger partial charge in [-0.15, -0.1) is 0 Å². The third kappa shape index (κ3) is 4.54. The van der Waals surface area contributed by atoms with Crippen LogP contribution in [0.25, 0.3) is 0 Å². The first-order chi connectivity index (χ1) is 11.8. The highest BCUT2D eigenvalue weighted by Crippen LogP contribution is 2.24. The molecule has 130 valence electrons. The summed E-state index contributed by atoms with van der Waals surface area (Å²) in [5, 5.41) is 14.0. The zero-order valence-corrected chi connectivity index (χ0v) is 13.9. The van der Waals surface area contributed by atoms with E-state index >= 15 is 0 Å². The molecule has 2 aromatic carbocycles. The van der Waals surface area contributed by atoms with Gasteiger partial charge in [0, 0.05) is 11.3 Å². The van der Waals surface area contributed by atoms with Gasteiger partial charge in [-0.3, -0.25) is 9.59 Å². The van der Waals surface area contributed by atoms with Crippen molar-refractivity contribution < 1.29 is 23.9 Å². The summed E-state index contributed by atoms with van der Waals surface area (Å²) in [6, 6.07) is 8.12. The van der Waals surface area contributed by atoms with Crippen molar-refractivity contribution >= 4 is 40.6 Å². The maximum Gasteiger partial charge on any atom is 0.337 e. The van der Waals surface area contributed by atoms with E-state index in [4.69, 9.17) is 16.7 Å². The van der Waals surface area contributed by atoms with Crippen LogP contribution >= 0.6 is 11.6 Å². The molecule has 0 radical (unpaired) electrons. The van der Waals surface area contributed by atoms with Gasteiger partial charge in [0.15, 0.2) is 5.78 Å².